The molecule has 0 unspecified atom stereocenters. The third-order valence-corrected chi connectivity index (χ3v) is 9.55. The molecule has 2 fully saturated rings. The molecule has 3 heterocycles. The third kappa shape index (κ3) is 3.41. The largest absolute Gasteiger partial charge is 0.480 e. The van der Waals surface area contributed by atoms with Crippen LogP contribution in [-0.4, -0.2) is 64.6 Å². The van der Waals surface area contributed by atoms with Crippen molar-refractivity contribution in [3.8, 4) is 16.9 Å². The van der Waals surface area contributed by atoms with Crippen LogP contribution in [0.5, 0.6) is 5.75 Å². The van der Waals surface area contributed by atoms with Gasteiger partial charge in [0.25, 0.3) is 5.91 Å². The van der Waals surface area contributed by atoms with E-state index in [4.69, 9.17) is 4.74 Å². The molecule has 2 aliphatic carbocycles. The molecule has 39 heavy (non-hydrogen) atoms. The summed E-state index contributed by atoms with van der Waals surface area (Å²) in [6, 6.07) is 15.1. The normalized spacial score (nSPS) is 28.5. The number of piperidine rings is 1. The lowest BCUT2D eigenvalue weighted by molar-refractivity contribution is -0.185. The molecule has 200 valence electrons. The molecular weight excluding hydrogens is 494 g/mol. The van der Waals surface area contributed by atoms with Crippen LogP contribution in [0.15, 0.2) is 59.5 Å². The van der Waals surface area contributed by atoms with Gasteiger partial charge in [0.1, 0.15) is 5.75 Å². The van der Waals surface area contributed by atoms with Crippen molar-refractivity contribution in [1.82, 2.24) is 15.2 Å². The number of amides is 1. The summed E-state index contributed by atoms with van der Waals surface area (Å²) >= 11 is 0. The van der Waals surface area contributed by atoms with Gasteiger partial charge in [-0.1, -0.05) is 30.3 Å². The van der Waals surface area contributed by atoms with Crippen molar-refractivity contribution in [2.45, 2.75) is 55.3 Å². The second kappa shape index (κ2) is 8.63. The van der Waals surface area contributed by atoms with E-state index in [9.17, 15) is 19.5 Å². The summed E-state index contributed by atoms with van der Waals surface area (Å²) in [5.74, 6) is 0.254. The van der Waals surface area contributed by atoms with Gasteiger partial charge in [0.05, 0.1) is 16.6 Å². The van der Waals surface area contributed by atoms with E-state index >= 15 is 0 Å². The number of Topliss-reactive ketones (excluding diaryl/α,β-unsaturated/α-hetero) is 1. The highest BCUT2D eigenvalue weighted by Gasteiger charge is 2.72. The predicted molar refractivity (Wildman–Crippen MR) is 145 cm³/mol. The summed E-state index contributed by atoms with van der Waals surface area (Å²) < 4.78 is 6.36. The van der Waals surface area contributed by atoms with E-state index in [0.717, 1.165) is 34.4 Å². The van der Waals surface area contributed by atoms with Crippen LogP contribution in [0.2, 0.25) is 0 Å². The average Bonchev–Trinajstić information content (AvgIpc) is 3.29. The maximum Gasteiger partial charge on any atom is 0.255 e. The van der Waals surface area contributed by atoms with Crippen LogP contribution < -0.4 is 15.6 Å². The number of carbonyl (C=O) groups excluding carboxylic acids is 2. The number of H-pyrrole nitrogens is 1. The van der Waals surface area contributed by atoms with Crippen molar-refractivity contribution in [3.63, 3.8) is 0 Å². The zero-order valence-corrected chi connectivity index (χ0v) is 21.8. The Morgan fingerprint density at radius 1 is 1.13 bits per heavy atom. The fourth-order valence-electron chi connectivity index (χ4n) is 7.63. The number of carbonyl (C=O) groups is 2. The number of benzene rings is 2. The number of pyridine rings is 1. The van der Waals surface area contributed by atoms with Gasteiger partial charge in [-0.3, -0.25) is 14.4 Å². The Morgan fingerprint density at radius 2 is 1.95 bits per heavy atom. The van der Waals surface area contributed by atoms with E-state index in [1.54, 1.807) is 18.3 Å². The molecule has 1 spiro atoms. The lowest BCUT2D eigenvalue weighted by Crippen LogP contribution is -2.76. The van der Waals surface area contributed by atoms with Crippen molar-refractivity contribution in [2.75, 3.05) is 20.1 Å². The molecule has 1 saturated heterocycles. The van der Waals surface area contributed by atoms with Gasteiger partial charge in [0.2, 0.25) is 5.56 Å². The molecule has 1 amide bonds. The lowest BCUT2D eigenvalue weighted by Gasteiger charge is -2.62. The van der Waals surface area contributed by atoms with E-state index in [2.05, 4.69) is 15.2 Å². The molecule has 3 N–H and O–H groups in total. The van der Waals surface area contributed by atoms with Crippen LogP contribution in [-0.2, 0) is 23.1 Å². The average molecular weight is 526 g/mol. The highest BCUT2D eigenvalue weighted by molar-refractivity contribution is 5.99. The number of ether oxygens (including phenoxy) is 1. The molecule has 8 heteroatoms. The van der Waals surface area contributed by atoms with Gasteiger partial charge in [-0.25, -0.2) is 0 Å². The lowest BCUT2D eigenvalue weighted by atomic mass is 9.49. The minimum absolute atomic E-state index is 0.0157. The Bertz CT molecular complexity index is 1560. The summed E-state index contributed by atoms with van der Waals surface area (Å²) in [5, 5.41) is 15.1. The molecule has 1 saturated carbocycles. The van der Waals surface area contributed by atoms with Gasteiger partial charge >= 0.3 is 0 Å². The number of likely N-dealkylation sites (tertiary alicyclic amines) is 1. The number of likely N-dealkylation sites (N-methyl/N-ethyl adjacent to an activating group) is 1. The number of aromatic amines is 1. The number of rotatable bonds is 5. The summed E-state index contributed by atoms with van der Waals surface area (Å²) in [6.45, 7) is 1.21. The fraction of sp³-hybridized carbons (Fsp3) is 0.387. The molecule has 2 aliphatic heterocycles. The van der Waals surface area contributed by atoms with E-state index in [1.165, 1.54) is 0 Å². The number of ketones is 1. The van der Waals surface area contributed by atoms with Crippen molar-refractivity contribution >= 4 is 11.7 Å². The molecule has 4 aliphatic rings. The first-order valence-corrected chi connectivity index (χ1v) is 13.7. The number of nitrogens with zero attached hydrogens (tertiary/aromatic N) is 1. The summed E-state index contributed by atoms with van der Waals surface area (Å²) in [7, 11) is 2.04. The minimum Gasteiger partial charge on any atom is -0.480 e. The van der Waals surface area contributed by atoms with Crippen molar-refractivity contribution in [1.29, 1.82) is 0 Å². The van der Waals surface area contributed by atoms with E-state index < -0.39 is 17.1 Å². The highest BCUT2D eigenvalue weighted by Crippen LogP contribution is 2.63. The quantitative estimate of drug-likeness (QED) is 0.472. The van der Waals surface area contributed by atoms with Crippen LogP contribution >= 0.6 is 0 Å². The van der Waals surface area contributed by atoms with Crippen molar-refractivity contribution in [2.24, 2.45) is 0 Å². The number of nitrogens with one attached hydrogen (secondary N) is 2. The zero-order chi connectivity index (χ0) is 26.9. The Kier molecular flexibility index (Phi) is 5.38. The molecule has 8 nitrogen and oxygen atoms in total. The topological polar surface area (TPSA) is 112 Å². The SMILES string of the molecule is CN1CC[C@]23c4c5ccc(C(=O)NCCc6ccc(-c7cc[nH]c(=O)c7)cc6)c4O[C@H]2C(=O)CC[C@@]3(O)[C@@H]1C5. The van der Waals surface area contributed by atoms with E-state index in [-0.39, 0.29) is 29.7 Å². The smallest absolute Gasteiger partial charge is 0.255 e. The van der Waals surface area contributed by atoms with Crippen LogP contribution in [0.3, 0.4) is 0 Å². The monoisotopic (exact) mass is 525 g/mol. The molecule has 2 bridgehead atoms. The predicted octanol–water partition coefficient (Wildman–Crippen LogP) is 2.37. The second-order valence-electron chi connectivity index (χ2n) is 11.4. The number of aromatic nitrogens is 1. The van der Waals surface area contributed by atoms with Gasteiger partial charge in [-0.05, 0) is 73.7 Å². The van der Waals surface area contributed by atoms with Crippen LogP contribution in [0, 0.1) is 0 Å². The van der Waals surface area contributed by atoms with Crippen LogP contribution in [0.25, 0.3) is 11.1 Å². The first kappa shape index (κ1) is 24.3. The maximum absolute atomic E-state index is 13.4. The number of hydrogen-bond donors (Lipinski definition) is 3. The molecule has 4 atom stereocenters. The van der Waals surface area contributed by atoms with Crippen LogP contribution in [0.1, 0.15) is 46.3 Å². The molecular formula is C31H31N3O5. The summed E-state index contributed by atoms with van der Waals surface area (Å²) in [5.41, 5.74) is 3.27. The number of hydrogen-bond acceptors (Lipinski definition) is 6. The van der Waals surface area contributed by atoms with Gasteiger partial charge in [0.15, 0.2) is 11.9 Å². The zero-order valence-electron chi connectivity index (χ0n) is 21.8. The Hall–Kier alpha value is -3.75. The summed E-state index contributed by atoms with van der Waals surface area (Å²) in [6.07, 6.45) is 3.55. The van der Waals surface area contributed by atoms with Crippen LogP contribution in [0.4, 0.5) is 0 Å². The van der Waals surface area contributed by atoms with E-state index in [0.29, 0.717) is 43.5 Å². The molecule has 7 rings (SSSR count). The van der Waals surface area contributed by atoms with E-state index in [1.807, 2.05) is 43.4 Å². The standard InChI is InChI=1S/C31H31N3O5/c1-34-15-12-30-26-21-6-7-22(27(26)39-28(30)23(35)8-11-31(30,38)24(34)16-21)29(37)33-13-9-18-2-4-19(5-3-18)20-10-14-32-25(36)17-20/h2-7,10,14,17,24,28,38H,8-9,11-13,15-16H2,1H3,(H,32,36)(H,33,37)/t24-,28-,30-,31+/m0/s1. The molecule has 2 aromatic carbocycles. The molecule has 3 aromatic rings. The summed E-state index contributed by atoms with van der Waals surface area (Å²) in [4.78, 5) is 42.9. The van der Waals surface area contributed by atoms with Crippen molar-refractivity contribution in [3.05, 3.63) is 87.3 Å². The van der Waals surface area contributed by atoms with Gasteiger partial charge in [0, 0.05) is 36.8 Å². The van der Waals surface area contributed by atoms with Gasteiger partial charge in [-0.2, -0.15) is 0 Å². The van der Waals surface area contributed by atoms with Gasteiger partial charge in [-0.15, -0.1) is 0 Å². The Morgan fingerprint density at radius 3 is 2.74 bits per heavy atom. The Balaban J connectivity index is 1.12. The molecule has 1 aromatic heterocycles. The minimum atomic E-state index is -1.05. The molecule has 0 radical (unpaired) electrons. The first-order chi connectivity index (χ1) is 18.8. The Labute approximate surface area is 226 Å². The highest BCUT2D eigenvalue weighted by atomic mass is 16.5. The second-order valence-corrected chi connectivity index (χ2v) is 11.4. The van der Waals surface area contributed by atoms with Gasteiger partial charge < -0.3 is 25.0 Å². The number of aliphatic hydroxyl groups is 1. The third-order valence-electron chi connectivity index (χ3n) is 9.55. The fourth-order valence-corrected chi connectivity index (χ4v) is 7.63. The first-order valence-electron chi connectivity index (χ1n) is 13.7. The van der Waals surface area contributed by atoms with Crippen molar-refractivity contribution < 1.29 is 19.4 Å². The maximum atomic E-state index is 13.4.